The van der Waals surface area contributed by atoms with Gasteiger partial charge in [0.15, 0.2) is 5.82 Å². The van der Waals surface area contributed by atoms with E-state index in [1.165, 1.54) is 0 Å². The van der Waals surface area contributed by atoms with Gasteiger partial charge < -0.3 is 14.5 Å². The number of aromatic nitrogens is 2. The second-order valence-electron chi connectivity index (χ2n) is 5.63. The Labute approximate surface area is 126 Å². The van der Waals surface area contributed by atoms with Crippen molar-refractivity contribution in [1.29, 1.82) is 0 Å². The maximum absolute atomic E-state index is 12.0. The van der Waals surface area contributed by atoms with E-state index >= 15 is 0 Å². The van der Waals surface area contributed by atoms with Crippen molar-refractivity contribution in [3.8, 4) is 5.88 Å². The summed E-state index contributed by atoms with van der Waals surface area (Å²) in [7, 11) is 0. The molecule has 0 aliphatic carbocycles. The Kier molecular flexibility index (Phi) is 5.36. The molecular weight excluding hydrogens is 268 g/mol. The molecular formula is C15H24N4O2. The monoisotopic (exact) mass is 292 g/mol. The smallest absolute Gasteiger partial charge is 0.233 e. The molecule has 6 heteroatoms. The molecule has 0 spiro atoms. The van der Waals surface area contributed by atoms with Gasteiger partial charge in [0.1, 0.15) is 0 Å². The Morgan fingerprint density at radius 3 is 2.48 bits per heavy atom. The van der Waals surface area contributed by atoms with E-state index in [1.54, 1.807) is 0 Å². The molecule has 0 N–H and O–H groups in total. The van der Waals surface area contributed by atoms with Crippen molar-refractivity contribution < 1.29 is 9.53 Å². The minimum absolute atomic E-state index is 0.252. The number of carbonyl (C=O) groups is 1. The third-order valence-corrected chi connectivity index (χ3v) is 3.46. The molecule has 0 atom stereocenters. The summed E-state index contributed by atoms with van der Waals surface area (Å²) in [5, 5.41) is 8.23. The zero-order valence-corrected chi connectivity index (χ0v) is 13.1. The summed E-state index contributed by atoms with van der Waals surface area (Å²) in [4.78, 5) is 16.1. The molecule has 21 heavy (non-hydrogen) atoms. The normalized spacial score (nSPS) is 15.4. The van der Waals surface area contributed by atoms with Crippen LogP contribution in [0.2, 0.25) is 0 Å². The predicted molar refractivity (Wildman–Crippen MR) is 81.4 cm³/mol. The van der Waals surface area contributed by atoms with Crippen LogP contribution in [0.25, 0.3) is 0 Å². The number of piperazine rings is 1. The molecule has 116 valence electrons. The van der Waals surface area contributed by atoms with E-state index in [0.717, 1.165) is 32.0 Å². The lowest BCUT2D eigenvalue weighted by molar-refractivity contribution is -0.132. The Morgan fingerprint density at radius 1 is 1.24 bits per heavy atom. The number of amides is 1. The van der Waals surface area contributed by atoms with Gasteiger partial charge in [0.25, 0.3) is 0 Å². The molecule has 2 rings (SSSR count). The minimum atomic E-state index is 0.252. The fraction of sp³-hybridized carbons (Fsp3) is 0.667. The zero-order valence-electron chi connectivity index (χ0n) is 13.1. The highest BCUT2D eigenvalue weighted by molar-refractivity contribution is 5.76. The largest absolute Gasteiger partial charge is 0.477 e. The molecule has 1 aliphatic rings. The lowest BCUT2D eigenvalue weighted by atomic mass is 10.1. The first kappa shape index (κ1) is 15.5. The Balaban J connectivity index is 1.87. The third kappa shape index (κ3) is 4.31. The van der Waals surface area contributed by atoms with Crippen molar-refractivity contribution >= 4 is 11.7 Å². The molecule has 6 nitrogen and oxygen atoms in total. The van der Waals surface area contributed by atoms with Crippen molar-refractivity contribution in [2.45, 2.75) is 27.2 Å². The summed E-state index contributed by atoms with van der Waals surface area (Å²) < 4.78 is 5.29. The first-order chi connectivity index (χ1) is 10.1. The maximum Gasteiger partial charge on any atom is 0.233 e. The van der Waals surface area contributed by atoms with Crippen LogP contribution >= 0.6 is 0 Å². The Morgan fingerprint density at radius 2 is 1.95 bits per heavy atom. The lowest BCUT2D eigenvalue weighted by Crippen LogP contribution is -2.49. The second-order valence-corrected chi connectivity index (χ2v) is 5.63. The minimum Gasteiger partial charge on any atom is -0.477 e. The van der Waals surface area contributed by atoms with Crippen molar-refractivity contribution in [3.63, 3.8) is 0 Å². The predicted octanol–water partition coefficient (Wildman–Crippen LogP) is 1.57. The van der Waals surface area contributed by atoms with Crippen molar-refractivity contribution in [1.82, 2.24) is 15.1 Å². The van der Waals surface area contributed by atoms with Gasteiger partial charge in [-0.15, -0.1) is 10.2 Å². The second kappa shape index (κ2) is 7.24. The number of anilines is 1. The zero-order chi connectivity index (χ0) is 15.2. The summed E-state index contributed by atoms with van der Waals surface area (Å²) in [6.07, 6.45) is 0.628. The molecule has 1 amide bonds. The number of nitrogens with zero attached hydrogens (tertiary/aromatic N) is 4. The van der Waals surface area contributed by atoms with Gasteiger partial charge in [-0.1, -0.05) is 13.8 Å². The van der Waals surface area contributed by atoms with Gasteiger partial charge in [-0.05, 0) is 18.9 Å². The van der Waals surface area contributed by atoms with E-state index in [4.69, 9.17) is 4.74 Å². The molecule has 1 aromatic heterocycles. The van der Waals surface area contributed by atoms with Gasteiger partial charge >= 0.3 is 0 Å². The van der Waals surface area contributed by atoms with Gasteiger partial charge in [-0.25, -0.2) is 0 Å². The SMILES string of the molecule is CCOc1ccc(N2CCN(C(=O)CC(C)C)CC2)nn1. The molecule has 0 unspecified atom stereocenters. The average molecular weight is 292 g/mol. The van der Waals surface area contributed by atoms with Crippen LogP contribution in [-0.4, -0.2) is 53.8 Å². The van der Waals surface area contributed by atoms with Crippen LogP contribution in [0.3, 0.4) is 0 Å². The highest BCUT2D eigenvalue weighted by Gasteiger charge is 2.22. The first-order valence-corrected chi connectivity index (χ1v) is 7.59. The third-order valence-electron chi connectivity index (χ3n) is 3.46. The topological polar surface area (TPSA) is 58.6 Å². The van der Waals surface area contributed by atoms with Crippen LogP contribution in [0.4, 0.5) is 5.82 Å². The van der Waals surface area contributed by atoms with Crippen LogP contribution in [-0.2, 0) is 4.79 Å². The molecule has 1 aliphatic heterocycles. The number of carbonyl (C=O) groups excluding carboxylic acids is 1. The molecule has 0 aromatic carbocycles. The van der Waals surface area contributed by atoms with E-state index in [2.05, 4.69) is 28.9 Å². The lowest BCUT2D eigenvalue weighted by Gasteiger charge is -2.35. The molecule has 0 bridgehead atoms. The molecule has 0 saturated carbocycles. The van der Waals surface area contributed by atoms with Crippen molar-refractivity contribution in [2.24, 2.45) is 5.92 Å². The fourth-order valence-electron chi connectivity index (χ4n) is 2.37. The summed E-state index contributed by atoms with van der Waals surface area (Å²) in [5.41, 5.74) is 0. The van der Waals surface area contributed by atoms with Crippen molar-refractivity contribution in [2.75, 3.05) is 37.7 Å². The van der Waals surface area contributed by atoms with Gasteiger partial charge in [0, 0.05) is 38.7 Å². The standard InChI is InChI=1S/C15H24N4O2/c1-4-21-14-6-5-13(16-17-14)18-7-9-19(10-8-18)15(20)11-12(2)3/h5-6,12H,4,7-11H2,1-3H3. The summed E-state index contributed by atoms with van der Waals surface area (Å²) in [6, 6.07) is 3.76. The highest BCUT2D eigenvalue weighted by atomic mass is 16.5. The quantitative estimate of drug-likeness (QED) is 0.824. The van der Waals surface area contributed by atoms with Crippen LogP contribution in [0, 0.1) is 5.92 Å². The van der Waals surface area contributed by atoms with Gasteiger partial charge in [-0.2, -0.15) is 0 Å². The maximum atomic E-state index is 12.0. The molecule has 1 saturated heterocycles. The van der Waals surface area contributed by atoms with E-state index in [1.807, 2.05) is 24.0 Å². The van der Waals surface area contributed by atoms with E-state index < -0.39 is 0 Å². The molecule has 2 heterocycles. The fourth-order valence-corrected chi connectivity index (χ4v) is 2.37. The number of hydrogen-bond donors (Lipinski definition) is 0. The van der Waals surface area contributed by atoms with Crippen LogP contribution in [0.1, 0.15) is 27.2 Å². The van der Waals surface area contributed by atoms with Gasteiger partial charge in [-0.3, -0.25) is 4.79 Å². The number of ether oxygens (including phenoxy) is 1. The number of hydrogen-bond acceptors (Lipinski definition) is 5. The summed E-state index contributed by atoms with van der Waals surface area (Å²) >= 11 is 0. The first-order valence-electron chi connectivity index (χ1n) is 7.59. The number of rotatable bonds is 5. The molecule has 1 fully saturated rings. The molecule has 0 radical (unpaired) electrons. The summed E-state index contributed by atoms with van der Waals surface area (Å²) in [6.45, 7) is 9.75. The summed E-state index contributed by atoms with van der Waals surface area (Å²) in [5.74, 6) is 2.05. The van der Waals surface area contributed by atoms with Crippen LogP contribution in [0.15, 0.2) is 12.1 Å². The Bertz CT molecular complexity index is 453. The van der Waals surface area contributed by atoms with Crippen LogP contribution in [0.5, 0.6) is 5.88 Å². The van der Waals surface area contributed by atoms with E-state index in [9.17, 15) is 4.79 Å². The average Bonchev–Trinajstić information content (AvgIpc) is 2.48. The Hall–Kier alpha value is -1.85. The van der Waals surface area contributed by atoms with Crippen LogP contribution < -0.4 is 9.64 Å². The van der Waals surface area contributed by atoms with Gasteiger partial charge in [0.05, 0.1) is 6.61 Å². The van der Waals surface area contributed by atoms with Gasteiger partial charge in [0.2, 0.25) is 11.8 Å². The molecule has 1 aromatic rings. The van der Waals surface area contributed by atoms with E-state index in [-0.39, 0.29) is 5.91 Å². The van der Waals surface area contributed by atoms with Crippen molar-refractivity contribution in [3.05, 3.63) is 12.1 Å². The highest BCUT2D eigenvalue weighted by Crippen LogP contribution is 2.16. The van der Waals surface area contributed by atoms with E-state index in [0.29, 0.717) is 24.8 Å².